The molecule has 8 nitrogen and oxygen atoms in total. The van der Waals surface area contributed by atoms with Crippen molar-refractivity contribution in [3.63, 3.8) is 0 Å². The Labute approximate surface area is 143 Å². The number of nitrogens with one attached hydrogen (secondary N) is 3. The van der Waals surface area contributed by atoms with Crippen LogP contribution < -0.4 is 16.0 Å². The van der Waals surface area contributed by atoms with Crippen LogP contribution in [0.2, 0.25) is 0 Å². The van der Waals surface area contributed by atoms with Gasteiger partial charge in [-0.1, -0.05) is 19.3 Å². The van der Waals surface area contributed by atoms with Crippen molar-refractivity contribution in [1.29, 1.82) is 0 Å². The summed E-state index contributed by atoms with van der Waals surface area (Å²) < 4.78 is 1.71. The van der Waals surface area contributed by atoms with Crippen molar-refractivity contribution in [1.82, 2.24) is 30.7 Å². The van der Waals surface area contributed by atoms with Crippen molar-refractivity contribution in [2.75, 3.05) is 20.1 Å². The molecular formula is C16H29N7O. The Morgan fingerprint density at radius 1 is 1.25 bits per heavy atom. The Bertz CT molecular complexity index is 534. The lowest BCUT2D eigenvalue weighted by atomic mass is 9.87. The summed E-state index contributed by atoms with van der Waals surface area (Å²) in [4.78, 5) is 20.2. The highest BCUT2D eigenvalue weighted by atomic mass is 16.1. The molecule has 1 aliphatic carbocycles. The molecule has 0 unspecified atom stereocenters. The number of rotatable bonds is 7. The SMILES string of the molecule is CN=C(NCCNC(=O)CC1CCCCC1)NCc1ncnn1C. The van der Waals surface area contributed by atoms with Crippen molar-refractivity contribution in [2.45, 2.75) is 45.1 Å². The molecule has 1 amide bonds. The molecule has 24 heavy (non-hydrogen) atoms. The van der Waals surface area contributed by atoms with Crippen LogP contribution in [-0.2, 0) is 18.4 Å². The third-order valence-electron chi connectivity index (χ3n) is 4.38. The molecule has 1 saturated carbocycles. The molecule has 8 heteroatoms. The van der Waals surface area contributed by atoms with Gasteiger partial charge in [-0.05, 0) is 18.8 Å². The number of aliphatic imine (C=N–C) groups is 1. The van der Waals surface area contributed by atoms with E-state index >= 15 is 0 Å². The second kappa shape index (κ2) is 9.89. The third kappa shape index (κ3) is 6.17. The standard InChI is InChI=1S/C16H29N7O/c1-17-16(20-11-14-21-12-22-23(14)2)19-9-8-18-15(24)10-13-6-4-3-5-7-13/h12-13H,3-11H2,1-2H3,(H,18,24)(H2,17,19,20). The van der Waals surface area contributed by atoms with Crippen LogP contribution in [0.4, 0.5) is 0 Å². The minimum atomic E-state index is 0.158. The molecule has 134 valence electrons. The lowest BCUT2D eigenvalue weighted by molar-refractivity contribution is -0.122. The summed E-state index contributed by atoms with van der Waals surface area (Å²) in [7, 11) is 3.57. The number of carbonyl (C=O) groups excluding carboxylic acids is 1. The number of aryl methyl sites for hydroxylation is 1. The van der Waals surface area contributed by atoms with Gasteiger partial charge in [-0.3, -0.25) is 14.5 Å². The van der Waals surface area contributed by atoms with E-state index < -0.39 is 0 Å². The van der Waals surface area contributed by atoms with E-state index in [1.807, 2.05) is 7.05 Å². The first kappa shape index (κ1) is 18.2. The Balaban J connectivity index is 1.58. The zero-order valence-corrected chi connectivity index (χ0v) is 14.7. The molecule has 3 N–H and O–H groups in total. The van der Waals surface area contributed by atoms with E-state index in [-0.39, 0.29) is 5.91 Å². The number of carbonyl (C=O) groups is 1. The smallest absolute Gasteiger partial charge is 0.220 e. The van der Waals surface area contributed by atoms with Crippen molar-refractivity contribution < 1.29 is 4.79 Å². The van der Waals surface area contributed by atoms with Gasteiger partial charge in [0.25, 0.3) is 0 Å². The zero-order chi connectivity index (χ0) is 17.2. The van der Waals surface area contributed by atoms with Crippen LogP contribution >= 0.6 is 0 Å². The summed E-state index contributed by atoms with van der Waals surface area (Å²) in [6.07, 6.45) is 8.45. The molecule has 0 aliphatic heterocycles. The number of hydrogen-bond acceptors (Lipinski definition) is 4. The highest BCUT2D eigenvalue weighted by Gasteiger charge is 2.16. The van der Waals surface area contributed by atoms with Gasteiger partial charge in [0.2, 0.25) is 5.91 Å². The summed E-state index contributed by atoms with van der Waals surface area (Å²) in [5.41, 5.74) is 0. The van der Waals surface area contributed by atoms with Gasteiger partial charge in [0.15, 0.2) is 5.96 Å². The van der Waals surface area contributed by atoms with E-state index in [0.29, 0.717) is 37.9 Å². The maximum Gasteiger partial charge on any atom is 0.220 e. The minimum absolute atomic E-state index is 0.158. The second-order valence-electron chi connectivity index (χ2n) is 6.21. The summed E-state index contributed by atoms with van der Waals surface area (Å²) in [6, 6.07) is 0. The van der Waals surface area contributed by atoms with Gasteiger partial charge in [-0.15, -0.1) is 0 Å². The summed E-state index contributed by atoms with van der Waals surface area (Å²) in [6.45, 7) is 1.77. The molecule has 1 aromatic rings. The van der Waals surface area contributed by atoms with Crippen LogP contribution in [0, 0.1) is 5.92 Å². The molecule has 0 radical (unpaired) electrons. The molecule has 1 aromatic heterocycles. The Morgan fingerprint density at radius 2 is 2.00 bits per heavy atom. The number of guanidine groups is 1. The van der Waals surface area contributed by atoms with E-state index in [2.05, 4.69) is 31.0 Å². The number of aromatic nitrogens is 3. The molecule has 2 rings (SSSR count). The maximum absolute atomic E-state index is 11.9. The van der Waals surface area contributed by atoms with Gasteiger partial charge in [-0.25, -0.2) is 4.98 Å². The Morgan fingerprint density at radius 3 is 2.67 bits per heavy atom. The van der Waals surface area contributed by atoms with E-state index in [4.69, 9.17) is 0 Å². The fraction of sp³-hybridized carbons (Fsp3) is 0.750. The van der Waals surface area contributed by atoms with Crippen LogP contribution in [-0.4, -0.2) is 46.8 Å². The highest BCUT2D eigenvalue weighted by molar-refractivity contribution is 5.79. The average Bonchev–Trinajstić information content (AvgIpc) is 3.00. The molecular weight excluding hydrogens is 306 g/mol. The fourth-order valence-corrected chi connectivity index (χ4v) is 2.97. The van der Waals surface area contributed by atoms with Crippen molar-refractivity contribution >= 4 is 11.9 Å². The molecule has 0 aromatic carbocycles. The van der Waals surface area contributed by atoms with Gasteiger partial charge in [0.05, 0.1) is 6.54 Å². The van der Waals surface area contributed by atoms with Gasteiger partial charge in [-0.2, -0.15) is 5.10 Å². The van der Waals surface area contributed by atoms with E-state index in [0.717, 1.165) is 5.82 Å². The van der Waals surface area contributed by atoms with Crippen LogP contribution in [0.3, 0.4) is 0 Å². The predicted octanol–water partition coefficient (Wildman–Crippen LogP) is 0.567. The van der Waals surface area contributed by atoms with Gasteiger partial charge >= 0.3 is 0 Å². The van der Waals surface area contributed by atoms with Crippen molar-refractivity contribution in [3.05, 3.63) is 12.2 Å². The molecule has 0 atom stereocenters. The summed E-state index contributed by atoms with van der Waals surface area (Å²) >= 11 is 0. The minimum Gasteiger partial charge on any atom is -0.355 e. The molecule has 0 bridgehead atoms. The second-order valence-corrected chi connectivity index (χ2v) is 6.21. The lowest BCUT2D eigenvalue weighted by Gasteiger charge is -2.20. The summed E-state index contributed by atoms with van der Waals surface area (Å²) in [5.74, 6) is 2.25. The van der Waals surface area contributed by atoms with E-state index in [1.165, 1.54) is 38.4 Å². The maximum atomic E-state index is 11.9. The number of nitrogens with zero attached hydrogens (tertiary/aromatic N) is 4. The van der Waals surface area contributed by atoms with E-state index in [9.17, 15) is 4.79 Å². The molecule has 0 saturated heterocycles. The van der Waals surface area contributed by atoms with Gasteiger partial charge in [0, 0.05) is 33.6 Å². The third-order valence-corrected chi connectivity index (χ3v) is 4.38. The first-order valence-corrected chi connectivity index (χ1v) is 8.73. The molecule has 1 aliphatic rings. The topological polar surface area (TPSA) is 96.2 Å². The Hall–Kier alpha value is -2.12. The van der Waals surface area contributed by atoms with Crippen LogP contribution in [0.1, 0.15) is 44.3 Å². The predicted molar refractivity (Wildman–Crippen MR) is 93.4 cm³/mol. The van der Waals surface area contributed by atoms with Gasteiger partial charge < -0.3 is 16.0 Å². The van der Waals surface area contributed by atoms with Crippen LogP contribution in [0.15, 0.2) is 11.3 Å². The fourth-order valence-electron chi connectivity index (χ4n) is 2.97. The number of amides is 1. The molecule has 1 heterocycles. The molecule has 1 fully saturated rings. The average molecular weight is 335 g/mol. The normalized spacial score (nSPS) is 16.0. The first-order chi connectivity index (χ1) is 11.7. The van der Waals surface area contributed by atoms with Crippen LogP contribution in [0.5, 0.6) is 0 Å². The monoisotopic (exact) mass is 335 g/mol. The van der Waals surface area contributed by atoms with Crippen molar-refractivity contribution in [3.8, 4) is 0 Å². The van der Waals surface area contributed by atoms with E-state index in [1.54, 1.807) is 11.7 Å². The van der Waals surface area contributed by atoms with Crippen molar-refractivity contribution in [2.24, 2.45) is 18.0 Å². The lowest BCUT2D eigenvalue weighted by Crippen LogP contribution is -2.41. The quantitative estimate of drug-likeness (QED) is 0.384. The zero-order valence-electron chi connectivity index (χ0n) is 14.7. The largest absolute Gasteiger partial charge is 0.355 e. The molecule has 0 spiro atoms. The highest BCUT2D eigenvalue weighted by Crippen LogP contribution is 2.25. The Kier molecular flexibility index (Phi) is 7.51. The summed E-state index contributed by atoms with van der Waals surface area (Å²) in [5, 5.41) is 13.3. The van der Waals surface area contributed by atoms with Crippen LogP contribution in [0.25, 0.3) is 0 Å². The first-order valence-electron chi connectivity index (χ1n) is 8.73. The van der Waals surface area contributed by atoms with Gasteiger partial charge in [0.1, 0.15) is 12.2 Å². The number of hydrogen-bond donors (Lipinski definition) is 3.